The molecule has 0 N–H and O–H groups in total. The number of allylic oxidation sites excluding steroid dienone is 2. The summed E-state index contributed by atoms with van der Waals surface area (Å²) in [5, 5.41) is 0. The molecule has 0 atom stereocenters. The summed E-state index contributed by atoms with van der Waals surface area (Å²) in [4.78, 5) is 23.4. The zero-order valence-corrected chi connectivity index (χ0v) is 12.8. The van der Waals surface area contributed by atoms with Gasteiger partial charge in [0.1, 0.15) is 0 Å². The Morgan fingerprint density at radius 2 is 1.32 bits per heavy atom. The quantitative estimate of drug-likeness (QED) is 0.622. The highest BCUT2D eigenvalue weighted by atomic mass is 16.5. The first-order valence-electron chi connectivity index (χ1n) is 7.42. The third-order valence-corrected chi connectivity index (χ3v) is 4.30. The third-order valence-electron chi connectivity index (χ3n) is 4.30. The van der Waals surface area contributed by atoms with E-state index in [0.717, 1.165) is 33.4 Å². The van der Waals surface area contributed by atoms with Crippen molar-refractivity contribution in [2.75, 3.05) is 13.2 Å². The summed E-state index contributed by atoms with van der Waals surface area (Å²) in [6.45, 7) is 4.79. The van der Waals surface area contributed by atoms with Gasteiger partial charge in [0.05, 0.1) is 13.2 Å². The lowest BCUT2D eigenvalue weighted by Gasteiger charge is -2.09. The van der Waals surface area contributed by atoms with E-state index in [-0.39, 0.29) is 11.9 Å². The van der Waals surface area contributed by atoms with Gasteiger partial charge in [-0.2, -0.15) is 0 Å². The van der Waals surface area contributed by atoms with Crippen molar-refractivity contribution in [1.82, 2.24) is 0 Å². The summed E-state index contributed by atoms with van der Waals surface area (Å²) >= 11 is 0. The van der Waals surface area contributed by atoms with Crippen LogP contribution in [0.15, 0.2) is 35.4 Å². The average molecular weight is 298 g/mol. The topological polar surface area (TPSA) is 52.6 Å². The molecular formula is C18H18O4. The lowest BCUT2D eigenvalue weighted by molar-refractivity contribution is -0.135. The Bertz CT molecular complexity index is 652. The molecule has 4 nitrogen and oxygen atoms in total. The zero-order valence-electron chi connectivity index (χ0n) is 12.8. The van der Waals surface area contributed by atoms with Gasteiger partial charge < -0.3 is 9.47 Å². The second-order valence-corrected chi connectivity index (χ2v) is 5.56. The van der Waals surface area contributed by atoms with Crippen LogP contribution in [-0.2, 0) is 19.1 Å². The van der Waals surface area contributed by atoms with Gasteiger partial charge in [0.15, 0.2) is 0 Å². The number of hydrogen-bond acceptors (Lipinski definition) is 4. The molecule has 2 aliphatic rings. The van der Waals surface area contributed by atoms with Crippen LogP contribution in [0.4, 0.5) is 0 Å². The van der Waals surface area contributed by atoms with Crippen LogP contribution in [0.25, 0.3) is 11.1 Å². The van der Waals surface area contributed by atoms with Crippen LogP contribution in [0.1, 0.15) is 37.8 Å². The SMILES string of the molecule is CC(=C1CCOC1=O)c1cccc(C(C)=C2CCOC2=O)c1. The standard InChI is InChI=1S/C18H18O4/c1-11(15-6-8-21-17(15)19)13-4-3-5-14(10-13)12(2)16-7-9-22-18(16)20/h3-5,10H,6-9H2,1-2H3. The Morgan fingerprint density at radius 3 is 1.68 bits per heavy atom. The average Bonchev–Trinajstić information content (AvgIpc) is 3.14. The molecule has 1 aromatic rings. The molecule has 0 saturated carbocycles. The maximum absolute atomic E-state index is 11.7. The number of benzene rings is 1. The molecule has 4 heteroatoms. The number of esters is 2. The number of carbonyl (C=O) groups is 2. The van der Waals surface area contributed by atoms with E-state index < -0.39 is 0 Å². The molecule has 0 aliphatic carbocycles. The first-order valence-corrected chi connectivity index (χ1v) is 7.42. The van der Waals surface area contributed by atoms with Gasteiger partial charge in [0.2, 0.25) is 0 Å². The Balaban J connectivity index is 2.00. The minimum atomic E-state index is -0.225. The molecule has 2 saturated heterocycles. The molecule has 2 aliphatic heterocycles. The molecular weight excluding hydrogens is 280 g/mol. The molecule has 0 aromatic heterocycles. The highest BCUT2D eigenvalue weighted by Crippen LogP contribution is 2.29. The van der Waals surface area contributed by atoms with Gasteiger partial charge in [0, 0.05) is 24.0 Å². The van der Waals surface area contributed by atoms with E-state index in [1.54, 1.807) is 0 Å². The summed E-state index contributed by atoms with van der Waals surface area (Å²) in [6.07, 6.45) is 1.31. The second-order valence-electron chi connectivity index (χ2n) is 5.56. The van der Waals surface area contributed by atoms with E-state index in [1.807, 2.05) is 38.1 Å². The van der Waals surface area contributed by atoms with E-state index in [0.29, 0.717) is 26.1 Å². The molecule has 0 unspecified atom stereocenters. The van der Waals surface area contributed by atoms with E-state index in [2.05, 4.69) is 0 Å². The molecule has 0 radical (unpaired) electrons. The normalized spacial score (nSPS) is 22.5. The van der Waals surface area contributed by atoms with Crippen LogP contribution in [0.3, 0.4) is 0 Å². The Hall–Kier alpha value is -2.36. The fourth-order valence-corrected chi connectivity index (χ4v) is 2.89. The smallest absolute Gasteiger partial charge is 0.334 e. The van der Waals surface area contributed by atoms with Crippen molar-refractivity contribution in [1.29, 1.82) is 0 Å². The van der Waals surface area contributed by atoms with E-state index in [4.69, 9.17) is 9.47 Å². The lowest BCUT2D eigenvalue weighted by Crippen LogP contribution is -1.99. The number of carbonyl (C=O) groups excluding carboxylic acids is 2. The van der Waals surface area contributed by atoms with Crippen molar-refractivity contribution in [2.45, 2.75) is 26.7 Å². The van der Waals surface area contributed by atoms with Crippen LogP contribution in [0.5, 0.6) is 0 Å². The molecule has 0 spiro atoms. The van der Waals surface area contributed by atoms with Crippen LogP contribution >= 0.6 is 0 Å². The summed E-state index contributed by atoms with van der Waals surface area (Å²) in [6, 6.07) is 7.91. The van der Waals surface area contributed by atoms with Gasteiger partial charge >= 0.3 is 11.9 Å². The van der Waals surface area contributed by atoms with Gasteiger partial charge in [-0.3, -0.25) is 0 Å². The third kappa shape index (κ3) is 2.56. The fourth-order valence-electron chi connectivity index (χ4n) is 2.89. The largest absolute Gasteiger partial charge is 0.462 e. The predicted molar refractivity (Wildman–Crippen MR) is 82.8 cm³/mol. The van der Waals surface area contributed by atoms with Gasteiger partial charge in [-0.25, -0.2) is 9.59 Å². The molecule has 0 bridgehead atoms. The van der Waals surface area contributed by atoms with E-state index in [1.165, 1.54) is 0 Å². The van der Waals surface area contributed by atoms with Gasteiger partial charge in [-0.15, -0.1) is 0 Å². The zero-order chi connectivity index (χ0) is 15.7. The molecule has 2 heterocycles. The minimum absolute atomic E-state index is 0.225. The number of hydrogen-bond donors (Lipinski definition) is 0. The van der Waals surface area contributed by atoms with Crippen LogP contribution < -0.4 is 0 Å². The number of cyclic esters (lactones) is 2. The summed E-state index contributed by atoms with van der Waals surface area (Å²) in [5.74, 6) is -0.449. The Morgan fingerprint density at radius 1 is 0.864 bits per heavy atom. The van der Waals surface area contributed by atoms with Crippen LogP contribution in [-0.4, -0.2) is 25.2 Å². The summed E-state index contributed by atoms with van der Waals surface area (Å²) < 4.78 is 10.0. The first-order chi connectivity index (χ1) is 10.6. The van der Waals surface area contributed by atoms with E-state index in [9.17, 15) is 9.59 Å². The molecule has 22 heavy (non-hydrogen) atoms. The Kier molecular flexibility index (Phi) is 3.84. The van der Waals surface area contributed by atoms with Crippen LogP contribution in [0.2, 0.25) is 0 Å². The van der Waals surface area contributed by atoms with E-state index >= 15 is 0 Å². The highest BCUT2D eigenvalue weighted by molar-refractivity contribution is 6.00. The maximum atomic E-state index is 11.7. The number of rotatable bonds is 2. The second kappa shape index (κ2) is 5.79. The number of ether oxygens (including phenoxy) is 2. The lowest BCUT2D eigenvalue weighted by atomic mass is 9.94. The van der Waals surface area contributed by atoms with Crippen molar-refractivity contribution in [3.05, 3.63) is 46.5 Å². The highest BCUT2D eigenvalue weighted by Gasteiger charge is 2.23. The van der Waals surface area contributed by atoms with Crippen molar-refractivity contribution in [3.63, 3.8) is 0 Å². The van der Waals surface area contributed by atoms with Crippen molar-refractivity contribution in [3.8, 4) is 0 Å². The monoisotopic (exact) mass is 298 g/mol. The Labute approximate surface area is 129 Å². The first kappa shape index (κ1) is 14.6. The predicted octanol–water partition coefficient (Wildman–Crippen LogP) is 3.13. The molecule has 3 rings (SSSR count). The van der Waals surface area contributed by atoms with Crippen molar-refractivity contribution in [2.24, 2.45) is 0 Å². The summed E-state index contributed by atoms with van der Waals surface area (Å²) in [5.41, 5.74) is 5.33. The maximum Gasteiger partial charge on any atom is 0.334 e. The van der Waals surface area contributed by atoms with Crippen LogP contribution in [0, 0.1) is 0 Å². The van der Waals surface area contributed by atoms with Crippen molar-refractivity contribution < 1.29 is 19.1 Å². The van der Waals surface area contributed by atoms with Crippen molar-refractivity contribution >= 4 is 23.1 Å². The molecule has 1 aromatic carbocycles. The molecule has 0 amide bonds. The molecule has 114 valence electrons. The summed E-state index contributed by atoms with van der Waals surface area (Å²) in [7, 11) is 0. The van der Waals surface area contributed by atoms with Gasteiger partial charge in [-0.05, 0) is 42.2 Å². The van der Waals surface area contributed by atoms with Gasteiger partial charge in [0.25, 0.3) is 0 Å². The van der Waals surface area contributed by atoms with Gasteiger partial charge in [-0.1, -0.05) is 18.2 Å². The fraction of sp³-hybridized carbons (Fsp3) is 0.333. The molecule has 2 fully saturated rings. The minimum Gasteiger partial charge on any atom is -0.462 e.